The summed E-state index contributed by atoms with van der Waals surface area (Å²) in [5, 5.41) is 10.2. The Bertz CT molecular complexity index is 600. The zero-order valence-electron chi connectivity index (χ0n) is 10.2. The van der Waals surface area contributed by atoms with Gasteiger partial charge in [-0.1, -0.05) is 0 Å². The number of hydrogen-bond donors (Lipinski definition) is 1. The van der Waals surface area contributed by atoms with E-state index in [1.807, 2.05) is 36.4 Å². The maximum atomic E-state index is 12.2. The number of aliphatic hydroxyl groups is 1. The number of fused-ring (bicyclic) bond motifs is 1. The summed E-state index contributed by atoms with van der Waals surface area (Å²) in [7, 11) is 0. The van der Waals surface area contributed by atoms with Gasteiger partial charge in [-0.15, -0.1) is 0 Å². The summed E-state index contributed by atoms with van der Waals surface area (Å²) in [6.07, 6.45) is -0.797. The van der Waals surface area contributed by atoms with Crippen molar-refractivity contribution in [2.75, 3.05) is 5.44 Å². The Morgan fingerprint density at radius 2 is 1.74 bits per heavy atom. The van der Waals surface area contributed by atoms with Crippen LogP contribution in [0.15, 0.2) is 54.6 Å². The van der Waals surface area contributed by atoms with E-state index < -0.39 is 6.23 Å². The Morgan fingerprint density at radius 1 is 1.05 bits per heavy atom. The van der Waals surface area contributed by atoms with Crippen LogP contribution in [0.25, 0.3) is 0 Å². The second-order valence-electron chi connectivity index (χ2n) is 4.32. The van der Waals surface area contributed by atoms with Gasteiger partial charge in [0.15, 0.2) is 0 Å². The van der Waals surface area contributed by atoms with E-state index in [1.54, 1.807) is 11.0 Å². The third-order valence-electron chi connectivity index (χ3n) is 3.14. The number of hydrogen-bond acceptors (Lipinski definition) is 2. The molecule has 2 aromatic carbocycles. The van der Waals surface area contributed by atoms with Crippen molar-refractivity contribution in [2.45, 2.75) is 6.23 Å². The molecule has 0 saturated heterocycles. The number of carbonyl (C=O) groups is 1. The summed E-state index contributed by atoms with van der Waals surface area (Å²) in [6, 6.07) is 17.3. The van der Waals surface area contributed by atoms with Crippen molar-refractivity contribution in [1.29, 1.82) is 0 Å². The SMILES string of the molecule is O=C1c2ccccc2C(O)N1C[Se]c1ccccc1. The molecule has 4 heteroatoms. The summed E-state index contributed by atoms with van der Waals surface area (Å²) < 4.78 is 1.23. The zero-order chi connectivity index (χ0) is 13.2. The van der Waals surface area contributed by atoms with E-state index in [0.717, 1.165) is 5.56 Å². The molecule has 1 heterocycles. The number of benzene rings is 2. The molecular weight excluding hydrogens is 305 g/mol. The predicted octanol–water partition coefficient (Wildman–Crippen LogP) is 1.12. The molecule has 0 aromatic heterocycles. The van der Waals surface area contributed by atoms with Crippen LogP contribution >= 0.6 is 0 Å². The van der Waals surface area contributed by atoms with Gasteiger partial charge in [-0.2, -0.15) is 0 Å². The number of carbonyl (C=O) groups excluding carboxylic acids is 1. The van der Waals surface area contributed by atoms with Gasteiger partial charge in [-0.05, 0) is 0 Å². The number of aliphatic hydroxyl groups excluding tert-OH is 1. The molecular formula is C15H13NO2Se. The van der Waals surface area contributed by atoms with Gasteiger partial charge < -0.3 is 0 Å². The molecule has 19 heavy (non-hydrogen) atoms. The zero-order valence-corrected chi connectivity index (χ0v) is 11.9. The van der Waals surface area contributed by atoms with Crippen molar-refractivity contribution in [3.8, 4) is 0 Å². The van der Waals surface area contributed by atoms with Crippen LogP contribution in [-0.2, 0) is 0 Å². The van der Waals surface area contributed by atoms with Crippen LogP contribution < -0.4 is 4.46 Å². The summed E-state index contributed by atoms with van der Waals surface area (Å²) >= 11 is 0.153. The standard InChI is InChI=1S/C15H13NO2Se/c17-14-12-8-4-5-9-13(12)15(18)16(14)10-19-11-6-2-1-3-7-11/h1-9,14,17H,10H2. The van der Waals surface area contributed by atoms with Crippen molar-refractivity contribution in [3.05, 3.63) is 65.7 Å². The van der Waals surface area contributed by atoms with Crippen molar-refractivity contribution >= 4 is 25.3 Å². The molecule has 1 amide bonds. The summed E-state index contributed by atoms with van der Waals surface area (Å²) in [4.78, 5) is 13.8. The van der Waals surface area contributed by atoms with E-state index in [2.05, 4.69) is 12.1 Å². The molecule has 0 aliphatic carbocycles. The van der Waals surface area contributed by atoms with Gasteiger partial charge in [-0.25, -0.2) is 0 Å². The molecule has 3 rings (SSSR count). The van der Waals surface area contributed by atoms with Crippen molar-refractivity contribution in [1.82, 2.24) is 4.90 Å². The quantitative estimate of drug-likeness (QED) is 0.862. The van der Waals surface area contributed by atoms with Crippen LogP contribution in [0.2, 0.25) is 0 Å². The molecule has 1 N–H and O–H groups in total. The summed E-state index contributed by atoms with van der Waals surface area (Å²) in [6.45, 7) is 0. The van der Waals surface area contributed by atoms with Crippen LogP contribution in [0.1, 0.15) is 22.1 Å². The van der Waals surface area contributed by atoms with Crippen molar-refractivity contribution in [3.63, 3.8) is 0 Å². The molecule has 1 aliphatic rings. The molecule has 3 nitrogen and oxygen atoms in total. The molecule has 1 atom stereocenters. The van der Waals surface area contributed by atoms with E-state index in [-0.39, 0.29) is 20.9 Å². The maximum absolute atomic E-state index is 12.2. The monoisotopic (exact) mass is 319 g/mol. The second kappa shape index (κ2) is 5.17. The van der Waals surface area contributed by atoms with Crippen LogP contribution in [0.5, 0.6) is 0 Å². The molecule has 96 valence electrons. The Balaban J connectivity index is 1.76. The first-order chi connectivity index (χ1) is 9.27. The third kappa shape index (κ3) is 2.30. The van der Waals surface area contributed by atoms with E-state index in [4.69, 9.17) is 0 Å². The van der Waals surface area contributed by atoms with Crippen LogP contribution in [0.4, 0.5) is 0 Å². The molecule has 0 spiro atoms. The van der Waals surface area contributed by atoms with Gasteiger partial charge in [0.2, 0.25) is 0 Å². The van der Waals surface area contributed by atoms with E-state index >= 15 is 0 Å². The fourth-order valence-corrected chi connectivity index (χ4v) is 4.02. The minimum atomic E-state index is -0.797. The number of nitrogens with zero attached hydrogens (tertiary/aromatic N) is 1. The third-order valence-corrected chi connectivity index (χ3v) is 5.26. The van der Waals surface area contributed by atoms with Crippen molar-refractivity contribution in [2.24, 2.45) is 0 Å². The fourth-order valence-electron chi connectivity index (χ4n) is 2.14. The Labute approximate surface area is 118 Å². The van der Waals surface area contributed by atoms with Gasteiger partial charge >= 0.3 is 118 Å². The van der Waals surface area contributed by atoms with Crippen LogP contribution in [0.3, 0.4) is 0 Å². The van der Waals surface area contributed by atoms with Crippen LogP contribution in [-0.4, -0.2) is 36.3 Å². The van der Waals surface area contributed by atoms with Crippen LogP contribution in [0, 0.1) is 0 Å². The number of amides is 1. The van der Waals surface area contributed by atoms with Gasteiger partial charge in [0.05, 0.1) is 0 Å². The normalized spacial score (nSPS) is 17.6. The average Bonchev–Trinajstić information content (AvgIpc) is 2.71. The molecule has 1 unspecified atom stereocenters. The molecule has 2 aromatic rings. The first kappa shape index (κ1) is 12.4. The van der Waals surface area contributed by atoms with Gasteiger partial charge in [-0.3, -0.25) is 0 Å². The van der Waals surface area contributed by atoms with E-state index in [9.17, 15) is 9.90 Å². The first-order valence-electron chi connectivity index (χ1n) is 6.03. The van der Waals surface area contributed by atoms with Crippen molar-refractivity contribution < 1.29 is 9.90 Å². The Hall–Kier alpha value is -1.61. The molecule has 0 saturated carbocycles. The molecule has 0 fully saturated rings. The number of rotatable bonds is 3. The Morgan fingerprint density at radius 3 is 2.47 bits per heavy atom. The van der Waals surface area contributed by atoms with Gasteiger partial charge in [0.1, 0.15) is 0 Å². The van der Waals surface area contributed by atoms with Gasteiger partial charge in [0, 0.05) is 0 Å². The fraction of sp³-hybridized carbons (Fsp3) is 0.133. The first-order valence-corrected chi connectivity index (χ1v) is 8.10. The molecule has 0 radical (unpaired) electrons. The summed E-state index contributed by atoms with van der Waals surface area (Å²) in [5.74, 6) is -0.0686. The predicted molar refractivity (Wildman–Crippen MR) is 74.3 cm³/mol. The van der Waals surface area contributed by atoms with Gasteiger partial charge in [0.25, 0.3) is 0 Å². The summed E-state index contributed by atoms with van der Waals surface area (Å²) in [5.41, 5.74) is 1.93. The van der Waals surface area contributed by atoms with E-state index in [0.29, 0.717) is 11.0 Å². The second-order valence-corrected chi connectivity index (χ2v) is 6.46. The topological polar surface area (TPSA) is 40.5 Å². The molecule has 0 bridgehead atoms. The Kier molecular flexibility index (Phi) is 3.38. The molecule has 1 aliphatic heterocycles. The van der Waals surface area contributed by atoms with E-state index in [1.165, 1.54) is 4.46 Å². The minimum absolute atomic E-state index is 0.0686. The average molecular weight is 318 g/mol.